The molecule has 0 amide bonds. The molecule has 0 fully saturated rings. The number of aromatic nitrogens is 1. The normalized spacial score (nSPS) is 11.2. The molecule has 0 atom stereocenters. The first-order chi connectivity index (χ1) is 24.8. The maximum Gasteiger partial charge on any atom is 0.0541 e. The second kappa shape index (κ2) is 12.8. The first kappa shape index (κ1) is 29.5. The minimum Gasteiger partial charge on any atom is -0.310 e. The van der Waals surface area contributed by atoms with Crippen molar-refractivity contribution in [2.45, 2.75) is 0 Å². The summed E-state index contributed by atoms with van der Waals surface area (Å²) in [4.78, 5) is 2.36. The van der Waals surface area contributed by atoms with Crippen molar-refractivity contribution in [3.63, 3.8) is 0 Å². The average molecular weight is 639 g/mol. The largest absolute Gasteiger partial charge is 0.310 e. The highest BCUT2D eigenvalue weighted by Gasteiger charge is 2.16. The molecule has 0 aliphatic rings. The Morgan fingerprint density at radius 3 is 1.24 bits per heavy atom. The molecule has 0 radical (unpaired) electrons. The van der Waals surface area contributed by atoms with Gasteiger partial charge in [-0.1, -0.05) is 146 Å². The summed E-state index contributed by atoms with van der Waals surface area (Å²) in [5, 5.41) is 2.54. The van der Waals surface area contributed by atoms with Crippen LogP contribution < -0.4 is 4.90 Å². The SMILES string of the molecule is c1ccc(-c2cccc(N(c3ccc(-c4cccc(-n5c6ccccc6c6ccccc65)c4)cc3)c3cccc(-c4ccccc4)c3)c2)cc1. The minimum absolute atomic E-state index is 1.10. The summed E-state index contributed by atoms with van der Waals surface area (Å²) in [6.45, 7) is 0. The van der Waals surface area contributed by atoms with Crippen molar-refractivity contribution in [3.05, 3.63) is 206 Å². The predicted molar refractivity (Wildman–Crippen MR) is 212 cm³/mol. The number of hydrogen-bond donors (Lipinski definition) is 0. The molecular weight excluding hydrogens is 605 g/mol. The van der Waals surface area contributed by atoms with Crippen LogP contribution in [0, 0.1) is 0 Å². The van der Waals surface area contributed by atoms with Crippen molar-refractivity contribution in [2.75, 3.05) is 4.90 Å². The highest BCUT2D eigenvalue weighted by Crippen LogP contribution is 2.39. The Bertz CT molecular complexity index is 2450. The molecule has 0 unspecified atom stereocenters. The van der Waals surface area contributed by atoms with Crippen molar-refractivity contribution < 1.29 is 0 Å². The van der Waals surface area contributed by atoms with Gasteiger partial charge in [0.15, 0.2) is 0 Å². The van der Waals surface area contributed by atoms with Gasteiger partial charge in [-0.3, -0.25) is 0 Å². The Kier molecular flexibility index (Phi) is 7.53. The number of fused-ring (bicyclic) bond motifs is 3. The summed E-state index contributed by atoms with van der Waals surface area (Å²) in [6.07, 6.45) is 0. The van der Waals surface area contributed by atoms with E-state index in [4.69, 9.17) is 0 Å². The van der Waals surface area contributed by atoms with Crippen molar-refractivity contribution in [3.8, 4) is 39.1 Å². The molecule has 1 aromatic heterocycles. The van der Waals surface area contributed by atoms with Crippen molar-refractivity contribution in [1.82, 2.24) is 4.57 Å². The Hall–Kier alpha value is -6.64. The zero-order valence-electron chi connectivity index (χ0n) is 27.5. The molecule has 0 saturated heterocycles. The molecule has 0 spiro atoms. The van der Waals surface area contributed by atoms with Gasteiger partial charge in [0.25, 0.3) is 0 Å². The van der Waals surface area contributed by atoms with Crippen LogP contribution in [-0.2, 0) is 0 Å². The van der Waals surface area contributed by atoms with Crippen LogP contribution in [0.2, 0.25) is 0 Å². The molecular formula is C48H34N2. The van der Waals surface area contributed by atoms with Gasteiger partial charge < -0.3 is 9.47 Å². The van der Waals surface area contributed by atoms with Crippen LogP contribution >= 0.6 is 0 Å². The van der Waals surface area contributed by atoms with Crippen molar-refractivity contribution >= 4 is 38.9 Å². The number of nitrogens with zero attached hydrogens (tertiary/aromatic N) is 2. The summed E-state index contributed by atoms with van der Waals surface area (Å²) >= 11 is 0. The van der Waals surface area contributed by atoms with Crippen LogP contribution in [0.3, 0.4) is 0 Å². The number of anilines is 3. The average Bonchev–Trinajstić information content (AvgIpc) is 3.54. The van der Waals surface area contributed by atoms with Gasteiger partial charge in [0, 0.05) is 33.5 Å². The maximum absolute atomic E-state index is 2.38. The Balaban J connectivity index is 1.13. The molecule has 0 saturated carbocycles. The lowest BCUT2D eigenvalue weighted by atomic mass is 10.0. The molecule has 0 bridgehead atoms. The third-order valence-electron chi connectivity index (χ3n) is 9.57. The van der Waals surface area contributed by atoms with Gasteiger partial charge in [0.1, 0.15) is 0 Å². The lowest BCUT2D eigenvalue weighted by Gasteiger charge is -2.27. The quantitative estimate of drug-likeness (QED) is 0.169. The van der Waals surface area contributed by atoms with E-state index in [0.717, 1.165) is 22.7 Å². The van der Waals surface area contributed by atoms with Gasteiger partial charge in [-0.15, -0.1) is 0 Å². The van der Waals surface area contributed by atoms with Crippen molar-refractivity contribution in [2.24, 2.45) is 0 Å². The Morgan fingerprint density at radius 2 is 0.700 bits per heavy atom. The van der Waals surface area contributed by atoms with E-state index in [-0.39, 0.29) is 0 Å². The van der Waals surface area contributed by atoms with Crippen LogP contribution in [0.15, 0.2) is 206 Å². The summed E-state index contributed by atoms with van der Waals surface area (Å²) in [5.41, 5.74) is 14.0. The van der Waals surface area contributed by atoms with Crippen LogP contribution in [0.25, 0.3) is 60.9 Å². The Morgan fingerprint density at radius 1 is 0.280 bits per heavy atom. The van der Waals surface area contributed by atoms with E-state index in [2.05, 4.69) is 216 Å². The molecule has 0 N–H and O–H groups in total. The van der Waals surface area contributed by atoms with E-state index < -0.39 is 0 Å². The van der Waals surface area contributed by atoms with Gasteiger partial charge >= 0.3 is 0 Å². The fourth-order valence-electron chi connectivity index (χ4n) is 7.19. The Labute approximate surface area is 292 Å². The summed E-state index contributed by atoms with van der Waals surface area (Å²) < 4.78 is 2.38. The zero-order valence-corrected chi connectivity index (χ0v) is 27.5. The van der Waals surface area contributed by atoms with Crippen LogP contribution in [0.4, 0.5) is 17.1 Å². The van der Waals surface area contributed by atoms with E-state index in [1.807, 2.05) is 0 Å². The number of benzene rings is 8. The monoisotopic (exact) mass is 638 g/mol. The van der Waals surface area contributed by atoms with Gasteiger partial charge in [-0.2, -0.15) is 0 Å². The smallest absolute Gasteiger partial charge is 0.0541 e. The first-order valence-corrected chi connectivity index (χ1v) is 17.1. The zero-order chi connectivity index (χ0) is 33.3. The standard InChI is InChI=1S/C48H34N2/c1-3-14-35(15-4-1)38-18-11-21-42(32-38)49(43-22-12-19-39(33-43)36-16-5-2-6-17-36)41-30-28-37(29-31-41)40-20-13-23-44(34-40)50-47-26-9-7-24-45(47)46-25-8-10-27-48(46)50/h1-34H. The second-order valence-corrected chi connectivity index (χ2v) is 12.6. The maximum atomic E-state index is 2.38. The molecule has 9 rings (SSSR count). The molecule has 236 valence electrons. The third kappa shape index (κ3) is 5.43. The van der Waals surface area contributed by atoms with E-state index in [1.54, 1.807) is 0 Å². The topological polar surface area (TPSA) is 8.17 Å². The van der Waals surface area contributed by atoms with Crippen molar-refractivity contribution in [1.29, 1.82) is 0 Å². The van der Waals surface area contributed by atoms with Gasteiger partial charge in [0.2, 0.25) is 0 Å². The number of rotatable bonds is 7. The molecule has 2 nitrogen and oxygen atoms in total. The molecule has 1 heterocycles. The van der Waals surface area contributed by atoms with E-state index in [9.17, 15) is 0 Å². The summed E-state index contributed by atoms with van der Waals surface area (Å²) in [5.74, 6) is 0. The van der Waals surface area contributed by atoms with Crippen LogP contribution in [0.5, 0.6) is 0 Å². The highest BCUT2D eigenvalue weighted by molar-refractivity contribution is 6.09. The summed E-state index contributed by atoms with van der Waals surface area (Å²) in [6, 6.07) is 74.0. The van der Waals surface area contributed by atoms with Gasteiger partial charge in [-0.05, 0) is 94.0 Å². The lowest BCUT2D eigenvalue weighted by molar-refractivity contribution is 1.18. The molecule has 8 aromatic carbocycles. The molecule has 50 heavy (non-hydrogen) atoms. The predicted octanol–water partition coefficient (Wildman–Crippen LogP) is 13.3. The molecule has 9 aromatic rings. The minimum atomic E-state index is 1.10. The van der Waals surface area contributed by atoms with Gasteiger partial charge in [0.05, 0.1) is 11.0 Å². The lowest BCUT2D eigenvalue weighted by Crippen LogP contribution is -2.10. The molecule has 0 aliphatic heterocycles. The van der Waals surface area contributed by atoms with E-state index in [1.165, 1.54) is 55.2 Å². The molecule has 2 heteroatoms. The van der Waals surface area contributed by atoms with E-state index >= 15 is 0 Å². The number of para-hydroxylation sites is 2. The second-order valence-electron chi connectivity index (χ2n) is 12.6. The fourth-order valence-corrected chi connectivity index (χ4v) is 7.19. The van der Waals surface area contributed by atoms with Crippen LogP contribution in [0.1, 0.15) is 0 Å². The fraction of sp³-hybridized carbons (Fsp3) is 0. The van der Waals surface area contributed by atoms with Crippen LogP contribution in [-0.4, -0.2) is 4.57 Å². The first-order valence-electron chi connectivity index (χ1n) is 17.1. The van der Waals surface area contributed by atoms with E-state index in [0.29, 0.717) is 0 Å². The van der Waals surface area contributed by atoms with Gasteiger partial charge in [-0.25, -0.2) is 0 Å². The highest BCUT2D eigenvalue weighted by atomic mass is 15.1. The number of hydrogen-bond acceptors (Lipinski definition) is 1. The third-order valence-corrected chi connectivity index (χ3v) is 9.57. The molecule has 0 aliphatic carbocycles. The summed E-state index contributed by atoms with van der Waals surface area (Å²) in [7, 11) is 0.